The van der Waals surface area contributed by atoms with Crippen LogP contribution in [0.15, 0.2) is 59.0 Å². The van der Waals surface area contributed by atoms with Crippen molar-refractivity contribution in [3.05, 3.63) is 77.0 Å². The highest BCUT2D eigenvalue weighted by atomic mass is 32.1. The van der Waals surface area contributed by atoms with Gasteiger partial charge >= 0.3 is 5.97 Å². The molecule has 0 unspecified atom stereocenters. The zero-order valence-corrected chi connectivity index (χ0v) is 17.7. The molecule has 2 aromatic carbocycles. The molecule has 0 radical (unpaired) electrons. The van der Waals surface area contributed by atoms with E-state index in [1.165, 1.54) is 6.07 Å². The molecular weight excluding hydrogens is 400 g/mol. The molecule has 0 spiro atoms. The lowest BCUT2D eigenvalue weighted by atomic mass is 10.0. The molecule has 0 aliphatic heterocycles. The molecular formula is C23H22N2O4S. The van der Waals surface area contributed by atoms with E-state index in [0.29, 0.717) is 22.9 Å². The summed E-state index contributed by atoms with van der Waals surface area (Å²) < 4.78 is 5.39. The van der Waals surface area contributed by atoms with Crippen LogP contribution in [0.2, 0.25) is 0 Å². The Kier molecular flexibility index (Phi) is 6.32. The van der Waals surface area contributed by atoms with Gasteiger partial charge in [-0.2, -0.15) is 0 Å². The first kappa shape index (κ1) is 21.3. The predicted molar refractivity (Wildman–Crippen MR) is 120 cm³/mol. The molecule has 0 atom stereocenters. The molecule has 0 aliphatic rings. The lowest BCUT2D eigenvalue weighted by molar-refractivity contribution is 0.0663. The Morgan fingerprint density at radius 2 is 1.73 bits per heavy atom. The number of hydrogen-bond acceptors (Lipinski definition) is 4. The molecule has 0 saturated carbocycles. The zero-order valence-electron chi connectivity index (χ0n) is 16.9. The molecule has 30 heavy (non-hydrogen) atoms. The van der Waals surface area contributed by atoms with Crippen LogP contribution in [0.4, 0.5) is 5.69 Å². The van der Waals surface area contributed by atoms with E-state index in [9.17, 15) is 9.59 Å². The predicted octanol–water partition coefficient (Wildman–Crippen LogP) is 5.20. The number of carbonyl (C=O) groups excluding carboxylic acids is 1. The number of benzene rings is 2. The van der Waals surface area contributed by atoms with Gasteiger partial charge in [-0.25, -0.2) is 4.79 Å². The van der Waals surface area contributed by atoms with Crippen LogP contribution in [-0.2, 0) is 0 Å². The number of nitrogens with one attached hydrogen (secondary N) is 2. The summed E-state index contributed by atoms with van der Waals surface area (Å²) in [6.07, 6.45) is 0. The van der Waals surface area contributed by atoms with Gasteiger partial charge in [-0.3, -0.25) is 10.1 Å². The Morgan fingerprint density at radius 3 is 2.33 bits per heavy atom. The molecule has 1 heterocycles. The van der Waals surface area contributed by atoms with Crippen LogP contribution in [0.25, 0.3) is 11.3 Å². The maximum absolute atomic E-state index is 12.5. The maximum atomic E-state index is 12.5. The van der Waals surface area contributed by atoms with E-state index in [2.05, 4.69) is 24.5 Å². The third-order valence-corrected chi connectivity index (χ3v) is 4.93. The Bertz CT molecular complexity index is 1100. The number of carbonyl (C=O) groups is 2. The van der Waals surface area contributed by atoms with E-state index < -0.39 is 5.97 Å². The Balaban J connectivity index is 1.72. The standard InChI is InChI=1S/C23H22N2O4S/c1-13(2)15-7-9-16(10-8-15)21(26)25-23(30)24-18-6-4-5-17(14(18)3)19-11-12-20(29-19)22(27)28/h4-13H,1-3H3,(H,27,28)(H2,24,25,26,30). The third-order valence-electron chi connectivity index (χ3n) is 4.73. The van der Waals surface area contributed by atoms with Crippen LogP contribution in [-0.4, -0.2) is 22.1 Å². The second-order valence-electron chi connectivity index (χ2n) is 7.13. The number of hydrogen-bond donors (Lipinski definition) is 3. The van der Waals surface area contributed by atoms with E-state index >= 15 is 0 Å². The molecule has 0 fully saturated rings. The van der Waals surface area contributed by atoms with E-state index in [0.717, 1.165) is 16.7 Å². The molecule has 6 nitrogen and oxygen atoms in total. The maximum Gasteiger partial charge on any atom is 0.371 e. The van der Waals surface area contributed by atoms with Crippen LogP contribution >= 0.6 is 12.2 Å². The van der Waals surface area contributed by atoms with Gasteiger partial charge in [0.25, 0.3) is 5.91 Å². The van der Waals surface area contributed by atoms with Crippen LogP contribution in [0.3, 0.4) is 0 Å². The molecule has 1 amide bonds. The minimum atomic E-state index is -1.13. The number of aromatic carboxylic acids is 1. The topological polar surface area (TPSA) is 91.6 Å². The summed E-state index contributed by atoms with van der Waals surface area (Å²) in [4.78, 5) is 23.5. The summed E-state index contributed by atoms with van der Waals surface area (Å²) in [6.45, 7) is 6.04. The van der Waals surface area contributed by atoms with Gasteiger partial charge in [0.1, 0.15) is 5.76 Å². The van der Waals surface area contributed by atoms with Crippen molar-refractivity contribution < 1.29 is 19.1 Å². The Labute approximate surface area is 179 Å². The number of rotatable bonds is 5. The highest BCUT2D eigenvalue weighted by molar-refractivity contribution is 7.80. The number of carboxylic acid groups (broad SMARTS) is 1. The number of carboxylic acids is 1. The summed E-state index contributed by atoms with van der Waals surface area (Å²) >= 11 is 5.29. The number of furan rings is 1. The SMILES string of the molecule is Cc1c(NC(=S)NC(=O)c2ccc(C(C)C)cc2)cccc1-c1ccc(C(=O)O)o1. The first-order valence-electron chi connectivity index (χ1n) is 9.41. The van der Waals surface area contributed by atoms with Crippen LogP contribution in [0, 0.1) is 6.92 Å². The fraction of sp³-hybridized carbons (Fsp3) is 0.174. The van der Waals surface area contributed by atoms with E-state index in [1.807, 2.05) is 31.2 Å². The second kappa shape index (κ2) is 8.92. The van der Waals surface area contributed by atoms with Gasteiger partial charge in [0.2, 0.25) is 5.76 Å². The van der Waals surface area contributed by atoms with Crippen LogP contribution in [0.1, 0.15) is 51.8 Å². The van der Waals surface area contributed by atoms with E-state index in [4.69, 9.17) is 21.7 Å². The third kappa shape index (κ3) is 4.75. The van der Waals surface area contributed by atoms with Crippen molar-refractivity contribution in [3.8, 4) is 11.3 Å². The molecule has 3 rings (SSSR count). The summed E-state index contributed by atoms with van der Waals surface area (Å²) in [5.74, 6) is -0.726. The van der Waals surface area contributed by atoms with Gasteiger partial charge in [-0.05, 0) is 66.5 Å². The Hall–Kier alpha value is -3.45. The summed E-state index contributed by atoms with van der Waals surface area (Å²) in [5.41, 5.74) is 3.89. The van der Waals surface area contributed by atoms with Gasteiger partial charge in [-0.1, -0.05) is 38.1 Å². The first-order chi connectivity index (χ1) is 14.3. The zero-order chi connectivity index (χ0) is 21.8. The number of thiocarbonyl (C=S) groups is 1. The number of amides is 1. The molecule has 1 aromatic heterocycles. The summed E-state index contributed by atoms with van der Waals surface area (Å²) in [7, 11) is 0. The van der Waals surface area contributed by atoms with Crippen molar-refractivity contribution in [3.63, 3.8) is 0 Å². The Morgan fingerprint density at radius 1 is 1.03 bits per heavy atom. The normalized spacial score (nSPS) is 10.7. The average Bonchev–Trinajstić information content (AvgIpc) is 3.20. The molecule has 0 aliphatic carbocycles. The number of anilines is 1. The monoisotopic (exact) mass is 422 g/mol. The highest BCUT2D eigenvalue weighted by Gasteiger charge is 2.15. The quantitative estimate of drug-likeness (QED) is 0.489. The largest absolute Gasteiger partial charge is 0.475 e. The van der Waals surface area contributed by atoms with Crippen LogP contribution in [0.5, 0.6) is 0 Å². The van der Waals surface area contributed by atoms with Gasteiger partial charge in [0, 0.05) is 16.8 Å². The first-order valence-corrected chi connectivity index (χ1v) is 9.82. The van der Waals surface area contributed by atoms with Crippen molar-refractivity contribution in [2.24, 2.45) is 0 Å². The smallest absolute Gasteiger partial charge is 0.371 e. The van der Waals surface area contributed by atoms with Crippen molar-refractivity contribution in [1.82, 2.24) is 5.32 Å². The minimum absolute atomic E-state index is 0.131. The van der Waals surface area contributed by atoms with E-state index in [-0.39, 0.29) is 16.8 Å². The molecule has 154 valence electrons. The van der Waals surface area contributed by atoms with Crippen LogP contribution < -0.4 is 10.6 Å². The second-order valence-corrected chi connectivity index (χ2v) is 7.54. The van der Waals surface area contributed by atoms with Gasteiger partial charge in [0.05, 0.1) is 0 Å². The van der Waals surface area contributed by atoms with Crippen molar-refractivity contribution >= 4 is 34.9 Å². The average molecular weight is 423 g/mol. The molecule has 3 N–H and O–H groups in total. The van der Waals surface area contributed by atoms with Crippen molar-refractivity contribution in [2.45, 2.75) is 26.7 Å². The van der Waals surface area contributed by atoms with Gasteiger partial charge in [0.15, 0.2) is 5.11 Å². The lowest BCUT2D eigenvalue weighted by Crippen LogP contribution is -2.34. The fourth-order valence-corrected chi connectivity index (χ4v) is 3.19. The highest BCUT2D eigenvalue weighted by Crippen LogP contribution is 2.30. The molecule has 7 heteroatoms. The fourth-order valence-electron chi connectivity index (χ4n) is 2.98. The van der Waals surface area contributed by atoms with Gasteiger partial charge in [-0.15, -0.1) is 0 Å². The lowest BCUT2D eigenvalue weighted by Gasteiger charge is -2.14. The van der Waals surface area contributed by atoms with E-state index in [1.54, 1.807) is 24.3 Å². The van der Waals surface area contributed by atoms with Gasteiger partial charge < -0.3 is 14.8 Å². The minimum Gasteiger partial charge on any atom is -0.475 e. The summed E-state index contributed by atoms with van der Waals surface area (Å²) in [5, 5.41) is 14.9. The summed E-state index contributed by atoms with van der Waals surface area (Å²) in [6, 6.07) is 15.9. The molecule has 3 aromatic rings. The van der Waals surface area contributed by atoms with Crippen molar-refractivity contribution in [2.75, 3.05) is 5.32 Å². The molecule has 0 bridgehead atoms. The van der Waals surface area contributed by atoms with Crippen molar-refractivity contribution in [1.29, 1.82) is 0 Å². The molecule has 0 saturated heterocycles.